The van der Waals surface area contributed by atoms with E-state index in [-0.39, 0.29) is 12.4 Å². The zero-order chi connectivity index (χ0) is 17.1. The van der Waals surface area contributed by atoms with Crippen LogP contribution in [-0.2, 0) is 6.54 Å². The van der Waals surface area contributed by atoms with Crippen LogP contribution in [0.1, 0.15) is 5.56 Å². The Labute approximate surface area is 161 Å². The summed E-state index contributed by atoms with van der Waals surface area (Å²) in [6, 6.07) is 18.2. The van der Waals surface area contributed by atoms with Gasteiger partial charge in [0.1, 0.15) is 0 Å². The van der Waals surface area contributed by atoms with Gasteiger partial charge in [-0.15, -0.1) is 23.7 Å². The predicted octanol–water partition coefficient (Wildman–Crippen LogP) is 4.45. The van der Waals surface area contributed by atoms with Crippen LogP contribution in [0.25, 0.3) is 22.2 Å². The molecule has 0 amide bonds. The molecule has 0 aliphatic carbocycles. The molecule has 0 saturated heterocycles. The number of benzene rings is 2. The number of hydrogen-bond acceptors (Lipinski definition) is 3. The normalized spacial score (nSPS) is 11.3. The Balaban J connectivity index is 0.00000196. The molecule has 0 bridgehead atoms. The first-order chi connectivity index (χ1) is 12.3. The van der Waals surface area contributed by atoms with Crippen molar-refractivity contribution in [3.8, 4) is 11.3 Å². The largest absolute Gasteiger partial charge is 0.370 e. The minimum absolute atomic E-state index is 0. The zero-order valence-corrected chi connectivity index (χ0v) is 15.5. The fourth-order valence-electron chi connectivity index (χ4n) is 2.65. The third-order valence-corrected chi connectivity index (χ3v) is 4.62. The average molecular weight is 384 g/mol. The van der Waals surface area contributed by atoms with Crippen molar-refractivity contribution in [3.63, 3.8) is 0 Å². The van der Waals surface area contributed by atoms with Crippen molar-refractivity contribution < 1.29 is 0 Å². The van der Waals surface area contributed by atoms with Crippen LogP contribution < -0.4 is 11.1 Å². The molecule has 2 aromatic carbocycles. The molecular weight excluding hydrogens is 366 g/mol. The number of H-pyrrole nitrogens is 1. The SMILES string of the molecule is Cl.N/C(=N\c1nc(-c2c[nH]c3ccccc23)cs1)NCc1ccccc1. The Morgan fingerprint density at radius 2 is 1.88 bits per heavy atom. The number of nitrogens with one attached hydrogen (secondary N) is 2. The Morgan fingerprint density at radius 3 is 2.73 bits per heavy atom. The minimum Gasteiger partial charge on any atom is -0.370 e. The summed E-state index contributed by atoms with van der Waals surface area (Å²) in [5.41, 5.74) is 10.2. The van der Waals surface area contributed by atoms with E-state index >= 15 is 0 Å². The molecule has 132 valence electrons. The summed E-state index contributed by atoms with van der Waals surface area (Å²) in [6.45, 7) is 0.636. The number of thiazole rings is 1. The molecule has 0 spiro atoms. The molecule has 0 aliphatic heterocycles. The summed E-state index contributed by atoms with van der Waals surface area (Å²) in [7, 11) is 0. The summed E-state index contributed by atoms with van der Waals surface area (Å²) in [4.78, 5) is 12.2. The van der Waals surface area contributed by atoms with Crippen molar-refractivity contribution in [2.75, 3.05) is 0 Å². The Bertz CT molecular complexity index is 1020. The Kier molecular flexibility index (Phi) is 5.55. The van der Waals surface area contributed by atoms with Crippen molar-refractivity contribution in [2.24, 2.45) is 10.7 Å². The highest BCUT2D eigenvalue weighted by atomic mass is 35.5. The summed E-state index contributed by atoms with van der Waals surface area (Å²) < 4.78 is 0. The van der Waals surface area contributed by atoms with E-state index < -0.39 is 0 Å². The quantitative estimate of drug-likeness (QED) is 0.360. The van der Waals surface area contributed by atoms with E-state index in [2.05, 4.69) is 32.4 Å². The lowest BCUT2D eigenvalue weighted by atomic mass is 10.1. The van der Waals surface area contributed by atoms with Crippen LogP contribution >= 0.6 is 23.7 Å². The Hall–Kier alpha value is -2.83. The number of aromatic nitrogens is 2. The van der Waals surface area contributed by atoms with Crippen LogP contribution in [0.4, 0.5) is 5.13 Å². The summed E-state index contributed by atoms with van der Waals surface area (Å²) >= 11 is 1.47. The van der Waals surface area contributed by atoms with Crippen LogP contribution in [0, 0.1) is 0 Å². The molecule has 0 aliphatic rings. The van der Waals surface area contributed by atoms with Gasteiger partial charge in [0.15, 0.2) is 5.96 Å². The van der Waals surface area contributed by atoms with Crippen molar-refractivity contribution >= 4 is 45.7 Å². The molecule has 0 atom stereocenters. The van der Waals surface area contributed by atoms with Gasteiger partial charge in [0.25, 0.3) is 0 Å². The minimum atomic E-state index is 0. The highest BCUT2D eigenvalue weighted by Gasteiger charge is 2.09. The molecule has 5 nitrogen and oxygen atoms in total. The Morgan fingerprint density at radius 1 is 1.12 bits per heavy atom. The van der Waals surface area contributed by atoms with E-state index in [4.69, 9.17) is 5.73 Å². The molecular formula is C19H18ClN5S. The number of nitrogens with two attached hydrogens (primary N) is 1. The van der Waals surface area contributed by atoms with Gasteiger partial charge in [0.2, 0.25) is 5.13 Å². The summed E-state index contributed by atoms with van der Waals surface area (Å²) in [5.74, 6) is 0.365. The van der Waals surface area contributed by atoms with Crippen molar-refractivity contribution in [2.45, 2.75) is 6.54 Å². The van der Waals surface area contributed by atoms with E-state index in [1.54, 1.807) is 0 Å². The second-order valence-corrected chi connectivity index (χ2v) is 6.44. The number of aromatic amines is 1. The van der Waals surface area contributed by atoms with E-state index in [1.807, 2.05) is 54.0 Å². The highest BCUT2D eigenvalue weighted by molar-refractivity contribution is 7.13. The van der Waals surface area contributed by atoms with Gasteiger partial charge in [0.05, 0.1) is 5.69 Å². The standard InChI is InChI=1S/C19H17N5S.ClH/c20-18(22-10-13-6-2-1-3-7-13)24-19-23-17(12-25-19)15-11-21-16-9-5-4-8-14(15)16;/h1-9,11-12,21H,10H2,(H3,20,22,23,24);1H. The first-order valence-electron chi connectivity index (χ1n) is 7.93. The maximum atomic E-state index is 5.97. The third kappa shape index (κ3) is 3.87. The highest BCUT2D eigenvalue weighted by Crippen LogP contribution is 2.31. The lowest BCUT2D eigenvalue weighted by Gasteiger charge is -2.04. The van der Waals surface area contributed by atoms with Gasteiger partial charge < -0.3 is 16.0 Å². The van der Waals surface area contributed by atoms with Gasteiger partial charge in [0, 0.05) is 34.6 Å². The van der Waals surface area contributed by atoms with E-state index in [0.29, 0.717) is 17.6 Å². The maximum absolute atomic E-state index is 5.97. The molecule has 0 saturated carbocycles. The fourth-order valence-corrected chi connectivity index (χ4v) is 3.35. The molecule has 0 radical (unpaired) electrons. The van der Waals surface area contributed by atoms with Crippen LogP contribution in [0.2, 0.25) is 0 Å². The number of para-hydroxylation sites is 1. The molecule has 0 unspecified atom stereocenters. The lowest BCUT2D eigenvalue weighted by molar-refractivity contribution is 0.903. The van der Waals surface area contributed by atoms with Gasteiger partial charge >= 0.3 is 0 Å². The number of aliphatic imine (C=N–C) groups is 1. The maximum Gasteiger partial charge on any atom is 0.212 e. The van der Waals surface area contributed by atoms with E-state index in [0.717, 1.165) is 27.7 Å². The van der Waals surface area contributed by atoms with Gasteiger partial charge in [-0.1, -0.05) is 48.5 Å². The number of nitrogens with zero attached hydrogens (tertiary/aromatic N) is 2. The number of halogens is 1. The molecule has 4 rings (SSSR count). The molecule has 2 aromatic heterocycles. The number of fused-ring (bicyclic) bond motifs is 1. The molecule has 4 aromatic rings. The molecule has 0 fully saturated rings. The second kappa shape index (κ2) is 8.03. The van der Waals surface area contributed by atoms with Crippen molar-refractivity contribution in [3.05, 3.63) is 71.7 Å². The number of guanidine groups is 1. The first kappa shape index (κ1) is 18.0. The number of rotatable bonds is 4. The van der Waals surface area contributed by atoms with Crippen LogP contribution in [0.5, 0.6) is 0 Å². The van der Waals surface area contributed by atoms with Crippen molar-refractivity contribution in [1.82, 2.24) is 15.3 Å². The monoisotopic (exact) mass is 383 g/mol. The molecule has 26 heavy (non-hydrogen) atoms. The smallest absolute Gasteiger partial charge is 0.212 e. The van der Waals surface area contributed by atoms with E-state index in [1.165, 1.54) is 11.3 Å². The van der Waals surface area contributed by atoms with E-state index in [9.17, 15) is 0 Å². The van der Waals surface area contributed by atoms with Crippen LogP contribution in [0.3, 0.4) is 0 Å². The summed E-state index contributed by atoms with van der Waals surface area (Å²) in [6.07, 6.45) is 1.98. The zero-order valence-electron chi connectivity index (χ0n) is 13.8. The topological polar surface area (TPSA) is 79.1 Å². The van der Waals surface area contributed by atoms with Gasteiger partial charge in [-0.05, 0) is 11.6 Å². The van der Waals surface area contributed by atoms with Crippen LogP contribution in [0.15, 0.2) is 71.2 Å². The molecule has 2 heterocycles. The molecule has 4 N–H and O–H groups in total. The number of hydrogen-bond donors (Lipinski definition) is 3. The van der Waals surface area contributed by atoms with Gasteiger partial charge in [-0.2, -0.15) is 4.99 Å². The average Bonchev–Trinajstić information content (AvgIpc) is 3.27. The predicted molar refractivity (Wildman–Crippen MR) is 111 cm³/mol. The lowest BCUT2D eigenvalue weighted by Crippen LogP contribution is -2.30. The molecule has 7 heteroatoms. The van der Waals surface area contributed by atoms with Crippen LogP contribution in [-0.4, -0.2) is 15.9 Å². The van der Waals surface area contributed by atoms with Gasteiger partial charge in [-0.25, -0.2) is 4.98 Å². The van der Waals surface area contributed by atoms with Gasteiger partial charge in [-0.3, -0.25) is 0 Å². The summed E-state index contributed by atoms with van der Waals surface area (Å²) in [5, 5.41) is 6.90. The van der Waals surface area contributed by atoms with Crippen molar-refractivity contribution in [1.29, 1.82) is 0 Å². The second-order valence-electron chi connectivity index (χ2n) is 5.60. The third-order valence-electron chi connectivity index (χ3n) is 3.89. The fraction of sp³-hybridized carbons (Fsp3) is 0.0526. The first-order valence-corrected chi connectivity index (χ1v) is 8.81.